The molecule has 1 aliphatic rings. The smallest absolute Gasteiger partial charge is 0.126 e. The van der Waals surface area contributed by atoms with Crippen LogP contribution in [0.1, 0.15) is 12.8 Å². The summed E-state index contributed by atoms with van der Waals surface area (Å²) in [6.45, 7) is 2.26. The molecule has 0 saturated carbocycles. The lowest BCUT2D eigenvalue weighted by Crippen LogP contribution is -2.36. The van der Waals surface area contributed by atoms with Crippen LogP contribution in [-0.4, -0.2) is 46.3 Å². The average Bonchev–Trinajstić information content (AvgIpc) is 3.18. The second-order valence-electron chi connectivity index (χ2n) is 6.11. The molecule has 4 N–H and O–H groups in total. The molecular weight excluding hydrogens is 308 g/mol. The number of nitrogens with one attached hydrogen (secondary N) is 2. The van der Waals surface area contributed by atoms with Crippen LogP contribution in [0.25, 0.3) is 20.8 Å². The number of rotatable bonds is 3. The van der Waals surface area contributed by atoms with Crippen molar-refractivity contribution in [3.63, 3.8) is 0 Å². The van der Waals surface area contributed by atoms with Gasteiger partial charge in [0.05, 0.1) is 26.5 Å². The first-order valence-electron chi connectivity index (χ1n) is 7.84. The van der Waals surface area contributed by atoms with Crippen LogP contribution in [0.4, 0.5) is 11.5 Å². The molecule has 3 aromatic heterocycles. The minimum Gasteiger partial charge on any atom is -0.384 e. The van der Waals surface area contributed by atoms with Crippen LogP contribution in [0, 0.1) is 0 Å². The van der Waals surface area contributed by atoms with Crippen molar-refractivity contribution in [1.29, 1.82) is 0 Å². The van der Waals surface area contributed by atoms with Gasteiger partial charge in [-0.2, -0.15) is 5.10 Å². The highest BCUT2D eigenvalue weighted by atomic mass is 32.1. The summed E-state index contributed by atoms with van der Waals surface area (Å²) in [6.07, 6.45) is 4.07. The Labute approximate surface area is 138 Å². The van der Waals surface area contributed by atoms with Crippen molar-refractivity contribution >= 4 is 33.1 Å². The summed E-state index contributed by atoms with van der Waals surface area (Å²) in [5.74, 6) is 0.557. The fraction of sp³-hybridized carbons (Fsp3) is 0.375. The Bertz CT molecular complexity index is 801. The van der Waals surface area contributed by atoms with Crippen LogP contribution >= 0.6 is 11.3 Å². The van der Waals surface area contributed by atoms with Gasteiger partial charge in [-0.25, -0.2) is 4.98 Å². The summed E-state index contributed by atoms with van der Waals surface area (Å²) in [4.78, 5) is 7.98. The predicted molar refractivity (Wildman–Crippen MR) is 95.8 cm³/mol. The number of nitrogens with two attached hydrogens (primary N) is 1. The zero-order chi connectivity index (χ0) is 15.8. The number of anilines is 2. The fourth-order valence-electron chi connectivity index (χ4n) is 3.05. The first-order valence-corrected chi connectivity index (χ1v) is 8.65. The van der Waals surface area contributed by atoms with Gasteiger partial charge in [0, 0.05) is 18.3 Å². The molecule has 1 aliphatic heterocycles. The molecule has 0 radical (unpaired) electrons. The molecule has 0 amide bonds. The van der Waals surface area contributed by atoms with E-state index < -0.39 is 0 Å². The third-order valence-corrected chi connectivity index (χ3v) is 5.53. The van der Waals surface area contributed by atoms with Crippen molar-refractivity contribution in [2.75, 3.05) is 31.2 Å². The van der Waals surface area contributed by atoms with E-state index in [1.165, 1.54) is 0 Å². The van der Waals surface area contributed by atoms with E-state index in [0.717, 1.165) is 52.4 Å². The molecule has 0 atom stereocenters. The molecule has 4 heterocycles. The van der Waals surface area contributed by atoms with Crippen molar-refractivity contribution in [3.8, 4) is 10.6 Å². The van der Waals surface area contributed by atoms with E-state index in [1.807, 2.05) is 12.1 Å². The van der Waals surface area contributed by atoms with Crippen molar-refractivity contribution in [2.24, 2.45) is 0 Å². The number of fused-ring (bicyclic) bond motifs is 1. The highest BCUT2D eigenvalue weighted by Gasteiger charge is 2.18. The van der Waals surface area contributed by atoms with Gasteiger partial charge >= 0.3 is 0 Å². The molecule has 0 unspecified atom stereocenters. The second kappa shape index (κ2) is 5.82. The maximum Gasteiger partial charge on any atom is 0.126 e. The number of hydrogen-bond acceptors (Lipinski definition) is 6. The predicted octanol–water partition coefficient (Wildman–Crippen LogP) is 2.77. The van der Waals surface area contributed by atoms with Crippen molar-refractivity contribution in [2.45, 2.75) is 18.9 Å². The molecule has 6 nitrogen and oxygen atoms in total. The Morgan fingerprint density at radius 1 is 1.35 bits per heavy atom. The zero-order valence-electron chi connectivity index (χ0n) is 13.0. The van der Waals surface area contributed by atoms with Gasteiger partial charge in [0.1, 0.15) is 5.82 Å². The summed E-state index contributed by atoms with van der Waals surface area (Å²) < 4.78 is 1.16. The average molecular weight is 328 g/mol. The largest absolute Gasteiger partial charge is 0.384 e. The summed E-state index contributed by atoms with van der Waals surface area (Å²) in [6, 6.07) is 6.49. The van der Waals surface area contributed by atoms with E-state index in [1.54, 1.807) is 17.5 Å². The molecular formula is C16H20N6S. The van der Waals surface area contributed by atoms with Gasteiger partial charge in [-0.1, -0.05) is 0 Å². The molecule has 23 heavy (non-hydrogen) atoms. The molecule has 4 rings (SSSR count). The molecule has 0 bridgehead atoms. The van der Waals surface area contributed by atoms with Crippen LogP contribution in [0.3, 0.4) is 0 Å². The first kappa shape index (κ1) is 14.5. The Kier molecular flexibility index (Phi) is 3.66. The maximum atomic E-state index is 6.00. The quantitative estimate of drug-likeness (QED) is 0.688. The Morgan fingerprint density at radius 3 is 2.91 bits per heavy atom. The van der Waals surface area contributed by atoms with Crippen molar-refractivity contribution in [3.05, 3.63) is 24.4 Å². The zero-order valence-corrected chi connectivity index (χ0v) is 13.9. The standard InChI is InChI=1S/C16H20N6S/c1-22-6-3-10(4-7-22)19-13-9-15(17)20-12-8-14(23-16(12)13)11-2-5-18-21-11/h2,5,8-10H,3-4,6-7H2,1H3,(H,18,21)(H3,17,19,20). The van der Waals surface area contributed by atoms with Gasteiger partial charge in [-0.3, -0.25) is 5.10 Å². The van der Waals surface area contributed by atoms with Gasteiger partial charge in [0.15, 0.2) is 0 Å². The lowest BCUT2D eigenvalue weighted by Gasteiger charge is -2.30. The Morgan fingerprint density at radius 2 is 2.17 bits per heavy atom. The van der Waals surface area contributed by atoms with Gasteiger partial charge in [0.25, 0.3) is 0 Å². The van der Waals surface area contributed by atoms with E-state index in [9.17, 15) is 0 Å². The van der Waals surface area contributed by atoms with Crippen molar-refractivity contribution < 1.29 is 0 Å². The normalized spacial score (nSPS) is 16.9. The van der Waals surface area contributed by atoms with E-state index >= 15 is 0 Å². The second-order valence-corrected chi connectivity index (χ2v) is 7.16. The van der Waals surface area contributed by atoms with Crippen LogP contribution < -0.4 is 11.1 Å². The Hall–Kier alpha value is -2.12. The number of H-pyrrole nitrogens is 1. The number of aromatic amines is 1. The Balaban J connectivity index is 1.68. The lowest BCUT2D eigenvalue weighted by molar-refractivity contribution is 0.264. The molecule has 1 fully saturated rings. The van der Waals surface area contributed by atoms with Crippen molar-refractivity contribution in [1.82, 2.24) is 20.1 Å². The number of pyridine rings is 1. The number of hydrogen-bond donors (Lipinski definition) is 3. The first-order chi connectivity index (χ1) is 11.2. The number of aromatic nitrogens is 3. The monoisotopic (exact) mass is 328 g/mol. The molecule has 0 aromatic carbocycles. The molecule has 3 aromatic rings. The van der Waals surface area contributed by atoms with Crippen LogP contribution in [-0.2, 0) is 0 Å². The minimum atomic E-state index is 0.494. The lowest BCUT2D eigenvalue weighted by atomic mass is 10.1. The molecule has 0 spiro atoms. The summed E-state index contributed by atoms with van der Waals surface area (Å²) in [5, 5.41) is 10.7. The van der Waals surface area contributed by atoms with Crippen LogP contribution in [0.2, 0.25) is 0 Å². The molecule has 1 saturated heterocycles. The number of thiophene rings is 1. The summed E-state index contributed by atoms with van der Waals surface area (Å²) in [5.41, 5.74) is 9.05. The fourth-order valence-corrected chi connectivity index (χ4v) is 4.10. The van der Waals surface area contributed by atoms with E-state index in [-0.39, 0.29) is 0 Å². The summed E-state index contributed by atoms with van der Waals surface area (Å²) >= 11 is 1.72. The molecule has 7 heteroatoms. The van der Waals surface area contributed by atoms with Crippen LogP contribution in [0.5, 0.6) is 0 Å². The number of piperidine rings is 1. The number of likely N-dealkylation sites (tertiary alicyclic amines) is 1. The van der Waals surface area contributed by atoms with E-state index in [4.69, 9.17) is 5.73 Å². The van der Waals surface area contributed by atoms with E-state index in [0.29, 0.717) is 11.9 Å². The SMILES string of the molecule is CN1CCC(Nc2cc(N)nc3cc(-c4ccn[nH]4)sc23)CC1. The number of nitrogens with zero attached hydrogens (tertiary/aromatic N) is 3. The highest BCUT2D eigenvalue weighted by molar-refractivity contribution is 7.22. The topological polar surface area (TPSA) is 82.9 Å². The third kappa shape index (κ3) is 2.89. The van der Waals surface area contributed by atoms with Gasteiger partial charge in [0.2, 0.25) is 0 Å². The van der Waals surface area contributed by atoms with Gasteiger partial charge in [-0.15, -0.1) is 11.3 Å². The molecule has 120 valence electrons. The summed E-state index contributed by atoms with van der Waals surface area (Å²) in [7, 11) is 2.18. The van der Waals surface area contributed by atoms with Gasteiger partial charge < -0.3 is 16.0 Å². The number of nitrogen functional groups attached to an aromatic ring is 1. The third-order valence-electron chi connectivity index (χ3n) is 4.34. The maximum absolute atomic E-state index is 6.00. The van der Waals surface area contributed by atoms with Crippen LogP contribution in [0.15, 0.2) is 24.4 Å². The highest BCUT2D eigenvalue weighted by Crippen LogP contribution is 2.37. The minimum absolute atomic E-state index is 0.494. The van der Waals surface area contributed by atoms with E-state index in [2.05, 4.69) is 38.5 Å². The molecule has 0 aliphatic carbocycles. The van der Waals surface area contributed by atoms with Gasteiger partial charge in [-0.05, 0) is 45.1 Å².